The summed E-state index contributed by atoms with van der Waals surface area (Å²) >= 11 is 0. The third-order valence-corrected chi connectivity index (χ3v) is 4.23. The van der Waals surface area contributed by atoms with Crippen molar-refractivity contribution in [3.8, 4) is 0 Å². The molecular formula is C17H25N3O2. The van der Waals surface area contributed by atoms with Crippen molar-refractivity contribution in [3.05, 3.63) is 40.6 Å². The number of nitrogens with zero attached hydrogens (tertiary/aromatic N) is 3. The van der Waals surface area contributed by atoms with Crippen molar-refractivity contribution in [2.45, 2.75) is 39.2 Å². The number of likely N-dealkylation sites (tertiary alicyclic amines) is 1. The Morgan fingerprint density at radius 1 is 1.18 bits per heavy atom. The molecule has 0 spiro atoms. The molecule has 1 aliphatic heterocycles. The van der Waals surface area contributed by atoms with Crippen LogP contribution in [0.4, 0.5) is 5.69 Å². The van der Waals surface area contributed by atoms with Crippen LogP contribution in [-0.2, 0) is 0 Å². The van der Waals surface area contributed by atoms with Crippen molar-refractivity contribution in [2.75, 3.05) is 20.1 Å². The lowest BCUT2D eigenvalue weighted by Gasteiger charge is -2.18. The van der Waals surface area contributed by atoms with Gasteiger partial charge in [-0.2, -0.15) is 0 Å². The first-order chi connectivity index (χ1) is 10.6. The van der Waals surface area contributed by atoms with E-state index in [1.54, 1.807) is 12.1 Å². The van der Waals surface area contributed by atoms with Crippen LogP contribution < -0.4 is 0 Å². The molecule has 1 atom stereocenters. The van der Waals surface area contributed by atoms with Crippen LogP contribution in [0, 0.1) is 10.1 Å². The van der Waals surface area contributed by atoms with E-state index in [0.717, 1.165) is 30.4 Å². The van der Waals surface area contributed by atoms with Crippen molar-refractivity contribution in [1.82, 2.24) is 9.47 Å². The lowest BCUT2D eigenvalue weighted by molar-refractivity contribution is -0.384. The Kier molecular flexibility index (Phi) is 5.55. The Morgan fingerprint density at radius 3 is 2.68 bits per heavy atom. The molecule has 1 unspecified atom stereocenters. The summed E-state index contributed by atoms with van der Waals surface area (Å²) in [6, 6.07) is 7.62. The number of hydrogen-bond donors (Lipinski definition) is 0. The van der Waals surface area contributed by atoms with Gasteiger partial charge >= 0.3 is 0 Å². The first kappa shape index (κ1) is 16.5. The quantitative estimate of drug-likeness (QED) is 0.616. The molecule has 5 nitrogen and oxygen atoms in total. The van der Waals surface area contributed by atoms with E-state index >= 15 is 0 Å². The predicted octanol–water partition coefficient (Wildman–Crippen LogP) is 4.23. The summed E-state index contributed by atoms with van der Waals surface area (Å²) in [7, 11) is 2.17. The second kappa shape index (κ2) is 7.40. The summed E-state index contributed by atoms with van der Waals surface area (Å²) in [6.07, 6.45) is 5.58. The van der Waals surface area contributed by atoms with E-state index in [-0.39, 0.29) is 10.6 Å². The van der Waals surface area contributed by atoms with Crippen LogP contribution in [0.25, 0.3) is 10.9 Å². The molecule has 0 bridgehead atoms. The van der Waals surface area contributed by atoms with Gasteiger partial charge in [0.25, 0.3) is 5.69 Å². The molecule has 120 valence electrons. The molecular weight excluding hydrogens is 278 g/mol. The standard InChI is InChI=1S/C15H19N3O2.C2H6/c1-16-8-2-3-13(7-9-16)17-10-6-12-11-14(18(19)20)4-5-15(12)17;1-2/h4-6,10-11,13H,2-3,7-9H2,1H3;1-2H3. The largest absolute Gasteiger partial charge is 0.344 e. The number of rotatable bonds is 2. The van der Waals surface area contributed by atoms with E-state index in [1.165, 1.54) is 12.8 Å². The minimum absolute atomic E-state index is 0.163. The van der Waals surface area contributed by atoms with Crippen LogP contribution in [0.1, 0.15) is 39.2 Å². The van der Waals surface area contributed by atoms with Gasteiger partial charge in [-0.25, -0.2) is 0 Å². The summed E-state index contributed by atoms with van der Waals surface area (Å²) in [6.45, 7) is 6.26. The first-order valence-corrected chi connectivity index (χ1v) is 8.08. The number of nitro benzene ring substituents is 1. The maximum Gasteiger partial charge on any atom is 0.270 e. The molecule has 1 saturated heterocycles. The SMILES string of the molecule is CC.CN1CCCC(n2ccc3cc([N+](=O)[O-])ccc32)CC1. The van der Waals surface area contributed by atoms with Gasteiger partial charge in [-0.15, -0.1) is 0 Å². The Hall–Kier alpha value is -1.88. The summed E-state index contributed by atoms with van der Waals surface area (Å²) in [4.78, 5) is 12.9. The molecule has 0 radical (unpaired) electrons. The molecule has 0 saturated carbocycles. The predicted molar refractivity (Wildman–Crippen MR) is 90.3 cm³/mol. The van der Waals surface area contributed by atoms with Crippen molar-refractivity contribution in [2.24, 2.45) is 0 Å². The fraction of sp³-hybridized carbons (Fsp3) is 0.529. The molecule has 1 aliphatic rings. The molecule has 0 N–H and O–H groups in total. The van der Waals surface area contributed by atoms with Gasteiger partial charge in [-0.3, -0.25) is 10.1 Å². The molecule has 1 fully saturated rings. The highest BCUT2D eigenvalue weighted by molar-refractivity contribution is 5.82. The average molecular weight is 303 g/mol. The zero-order valence-electron chi connectivity index (χ0n) is 13.7. The van der Waals surface area contributed by atoms with E-state index in [0.29, 0.717) is 6.04 Å². The Morgan fingerprint density at radius 2 is 1.95 bits per heavy atom. The normalized spacial score (nSPS) is 19.3. The third-order valence-electron chi connectivity index (χ3n) is 4.23. The van der Waals surface area contributed by atoms with Crippen LogP contribution in [0.3, 0.4) is 0 Å². The molecule has 5 heteroatoms. The molecule has 2 aromatic rings. The maximum absolute atomic E-state index is 10.8. The smallest absolute Gasteiger partial charge is 0.270 e. The van der Waals surface area contributed by atoms with E-state index in [4.69, 9.17) is 0 Å². The number of non-ortho nitro benzene ring substituents is 1. The Labute approximate surface area is 131 Å². The summed E-state index contributed by atoms with van der Waals surface area (Å²) in [5.41, 5.74) is 1.26. The number of benzene rings is 1. The van der Waals surface area contributed by atoms with E-state index < -0.39 is 0 Å². The monoisotopic (exact) mass is 303 g/mol. The van der Waals surface area contributed by atoms with Crippen LogP contribution in [-0.4, -0.2) is 34.5 Å². The van der Waals surface area contributed by atoms with Crippen LogP contribution >= 0.6 is 0 Å². The van der Waals surface area contributed by atoms with Gasteiger partial charge in [0.2, 0.25) is 0 Å². The second-order valence-corrected chi connectivity index (χ2v) is 5.61. The van der Waals surface area contributed by atoms with Gasteiger partial charge < -0.3 is 9.47 Å². The third kappa shape index (κ3) is 3.47. The van der Waals surface area contributed by atoms with E-state index in [1.807, 2.05) is 26.0 Å². The lowest BCUT2D eigenvalue weighted by Crippen LogP contribution is -2.19. The fourth-order valence-electron chi connectivity index (χ4n) is 3.08. The molecule has 0 amide bonds. The van der Waals surface area contributed by atoms with Gasteiger partial charge in [0, 0.05) is 35.3 Å². The van der Waals surface area contributed by atoms with Gasteiger partial charge in [-0.05, 0) is 51.5 Å². The van der Waals surface area contributed by atoms with Crippen molar-refractivity contribution in [1.29, 1.82) is 0 Å². The minimum atomic E-state index is -0.336. The summed E-state index contributed by atoms with van der Waals surface area (Å²) < 4.78 is 2.29. The van der Waals surface area contributed by atoms with Crippen molar-refractivity contribution in [3.63, 3.8) is 0 Å². The van der Waals surface area contributed by atoms with Gasteiger partial charge in [0.1, 0.15) is 0 Å². The topological polar surface area (TPSA) is 51.3 Å². The molecule has 1 aromatic heterocycles. The van der Waals surface area contributed by atoms with Crippen LogP contribution in [0.15, 0.2) is 30.5 Å². The van der Waals surface area contributed by atoms with Crippen LogP contribution in [0.2, 0.25) is 0 Å². The highest BCUT2D eigenvalue weighted by Gasteiger charge is 2.18. The highest BCUT2D eigenvalue weighted by Crippen LogP contribution is 2.29. The number of hydrogen-bond acceptors (Lipinski definition) is 3. The molecule has 22 heavy (non-hydrogen) atoms. The van der Waals surface area contributed by atoms with Gasteiger partial charge in [-0.1, -0.05) is 13.8 Å². The molecule has 2 heterocycles. The second-order valence-electron chi connectivity index (χ2n) is 5.61. The minimum Gasteiger partial charge on any atom is -0.344 e. The first-order valence-electron chi connectivity index (χ1n) is 8.08. The average Bonchev–Trinajstić information content (AvgIpc) is 2.83. The molecule has 1 aromatic carbocycles. The van der Waals surface area contributed by atoms with Crippen molar-refractivity contribution < 1.29 is 4.92 Å². The summed E-state index contributed by atoms with van der Waals surface area (Å²) in [5, 5.41) is 11.8. The number of fused-ring (bicyclic) bond motifs is 1. The van der Waals surface area contributed by atoms with Crippen molar-refractivity contribution >= 4 is 16.6 Å². The number of nitro groups is 1. The van der Waals surface area contributed by atoms with Gasteiger partial charge in [0.15, 0.2) is 0 Å². The zero-order chi connectivity index (χ0) is 16.1. The fourth-order valence-corrected chi connectivity index (χ4v) is 3.08. The van der Waals surface area contributed by atoms with E-state index in [9.17, 15) is 10.1 Å². The molecule has 0 aliphatic carbocycles. The number of aromatic nitrogens is 1. The highest BCUT2D eigenvalue weighted by atomic mass is 16.6. The maximum atomic E-state index is 10.8. The molecule has 3 rings (SSSR count). The zero-order valence-corrected chi connectivity index (χ0v) is 13.7. The Balaban J connectivity index is 0.000000847. The van der Waals surface area contributed by atoms with Gasteiger partial charge in [0.05, 0.1) is 4.92 Å². The lowest BCUT2D eigenvalue weighted by atomic mass is 10.1. The van der Waals surface area contributed by atoms with E-state index in [2.05, 4.69) is 22.7 Å². The summed E-state index contributed by atoms with van der Waals surface area (Å²) in [5.74, 6) is 0. The van der Waals surface area contributed by atoms with Crippen LogP contribution in [0.5, 0.6) is 0 Å². The Bertz CT molecular complexity index is 636.